The number of pyridine rings is 1. The van der Waals surface area contributed by atoms with Crippen LogP contribution in [0.4, 0.5) is 0 Å². The van der Waals surface area contributed by atoms with Gasteiger partial charge < -0.3 is 5.32 Å². The molecule has 0 unspecified atom stereocenters. The molecule has 1 aromatic heterocycles. The van der Waals surface area contributed by atoms with Crippen LogP contribution in [0.2, 0.25) is 0 Å². The molecular weight excluding hydrogens is 172 g/mol. The van der Waals surface area contributed by atoms with Crippen LogP contribution in [0.1, 0.15) is 36.6 Å². The zero-order valence-electron chi connectivity index (χ0n) is 8.80. The first-order valence-electron chi connectivity index (χ1n) is 5.06. The monoisotopic (exact) mass is 188 g/mol. The Hall–Kier alpha value is -1.31. The lowest BCUT2D eigenvalue weighted by Gasteiger charge is -2.20. The van der Waals surface area contributed by atoms with Crippen LogP contribution < -0.4 is 5.32 Å². The maximum atomic E-state index is 4.49. The van der Waals surface area contributed by atoms with E-state index >= 15 is 0 Å². The molecule has 14 heavy (non-hydrogen) atoms. The van der Waals surface area contributed by atoms with E-state index in [0.29, 0.717) is 5.92 Å². The smallest absolute Gasteiger partial charge is 0.0511 e. The Labute approximate surface area is 85.1 Å². The van der Waals surface area contributed by atoms with Crippen LogP contribution >= 0.6 is 0 Å². The van der Waals surface area contributed by atoms with Crippen molar-refractivity contribution in [1.82, 2.24) is 10.3 Å². The van der Waals surface area contributed by atoms with E-state index in [1.807, 2.05) is 6.20 Å². The maximum absolute atomic E-state index is 4.49. The standard InChI is InChI=1S/C12H16N2/c1-8(2)10-5-11-7-13-9(3)4-12(11)14-6-10/h5-6,8,13H,3-4,7H2,1-2H3. The SMILES string of the molecule is C=C1Cc2ncc(C(C)C)cc2CN1. The molecule has 1 N–H and O–H groups in total. The number of fused-ring (bicyclic) bond motifs is 1. The van der Waals surface area contributed by atoms with Gasteiger partial charge in [0.15, 0.2) is 0 Å². The van der Waals surface area contributed by atoms with E-state index < -0.39 is 0 Å². The Morgan fingerprint density at radius 2 is 2.29 bits per heavy atom. The van der Waals surface area contributed by atoms with Gasteiger partial charge >= 0.3 is 0 Å². The number of nitrogens with one attached hydrogen (secondary N) is 1. The molecule has 1 aliphatic heterocycles. The van der Waals surface area contributed by atoms with E-state index in [4.69, 9.17) is 0 Å². The maximum Gasteiger partial charge on any atom is 0.0511 e. The highest BCUT2D eigenvalue weighted by molar-refractivity contribution is 5.32. The summed E-state index contributed by atoms with van der Waals surface area (Å²) in [5, 5.41) is 3.27. The lowest BCUT2D eigenvalue weighted by atomic mass is 9.99. The highest BCUT2D eigenvalue weighted by Gasteiger charge is 2.13. The highest BCUT2D eigenvalue weighted by Crippen LogP contribution is 2.20. The van der Waals surface area contributed by atoms with E-state index in [1.54, 1.807) is 0 Å². The highest BCUT2D eigenvalue weighted by atomic mass is 14.9. The molecule has 2 nitrogen and oxygen atoms in total. The molecule has 0 saturated carbocycles. The minimum atomic E-state index is 0.554. The Morgan fingerprint density at radius 3 is 3.00 bits per heavy atom. The van der Waals surface area contributed by atoms with Crippen LogP contribution in [0.15, 0.2) is 24.5 Å². The molecule has 1 aliphatic rings. The van der Waals surface area contributed by atoms with Gasteiger partial charge in [-0.05, 0) is 17.0 Å². The summed E-state index contributed by atoms with van der Waals surface area (Å²) in [5.74, 6) is 0.554. The molecule has 2 heterocycles. The quantitative estimate of drug-likeness (QED) is 0.731. The minimum Gasteiger partial charge on any atom is -0.384 e. The molecule has 2 rings (SSSR count). The molecule has 0 spiro atoms. The van der Waals surface area contributed by atoms with Crippen LogP contribution in [-0.4, -0.2) is 4.98 Å². The summed E-state index contributed by atoms with van der Waals surface area (Å²) in [5.41, 5.74) is 4.89. The summed E-state index contributed by atoms with van der Waals surface area (Å²) in [7, 11) is 0. The number of aromatic nitrogens is 1. The van der Waals surface area contributed by atoms with Gasteiger partial charge in [-0.3, -0.25) is 4.98 Å². The van der Waals surface area contributed by atoms with Crippen LogP contribution in [0.25, 0.3) is 0 Å². The number of nitrogens with zero attached hydrogens (tertiary/aromatic N) is 1. The molecule has 0 fully saturated rings. The average Bonchev–Trinajstić information content (AvgIpc) is 2.16. The molecule has 0 bridgehead atoms. The molecule has 0 aromatic carbocycles. The number of rotatable bonds is 1. The van der Waals surface area contributed by atoms with Gasteiger partial charge in [0, 0.05) is 24.9 Å². The third-order valence-electron chi connectivity index (χ3n) is 2.66. The average molecular weight is 188 g/mol. The van der Waals surface area contributed by atoms with Gasteiger partial charge in [-0.1, -0.05) is 26.5 Å². The van der Waals surface area contributed by atoms with Crippen molar-refractivity contribution in [3.05, 3.63) is 41.4 Å². The number of hydrogen-bond donors (Lipinski definition) is 1. The zero-order valence-corrected chi connectivity index (χ0v) is 8.80. The first-order valence-corrected chi connectivity index (χ1v) is 5.06. The van der Waals surface area contributed by atoms with Crippen LogP contribution in [-0.2, 0) is 13.0 Å². The molecule has 0 atom stereocenters. The van der Waals surface area contributed by atoms with Gasteiger partial charge in [0.25, 0.3) is 0 Å². The second-order valence-electron chi connectivity index (χ2n) is 4.16. The summed E-state index contributed by atoms with van der Waals surface area (Å²) in [6.45, 7) is 9.18. The third kappa shape index (κ3) is 1.65. The first-order chi connectivity index (χ1) is 6.66. The number of hydrogen-bond acceptors (Lipinski definition) is 2. The summed E-state index contributed by atoms with van der Waals surface area (Å²) in [6, 6.07) is 2.26. The lowest BCUT2D eigenvalue weighted by Crippen LogP contribution is -2.22. The van der Waals surface area contributed by atoms with E-state index in [1.165, 1.54) is 16.8 Å². The van der Waals surface area contributed by atoms with Gasteiger partial charge in [-0.25, -0.2) is 0 Å². The van der Waals surface area contributed by atoms with Crippen molar-refractivity contribution >= 4 is 0 Å². The predicted molar refractivity (Wildman–Crippen MR) is 58.0 cm³/mol. The second kappa shape index (κ2) is 3.45. The largest absolute Gasteiger partial charge is 0.384 e. The second-order valence-corrected chi connectivity index (χ2v) is 4.16. The molecule has 0 aliphatic carbocycles. The van der Waals surface area contributed by atoms with Crippen LogP contribution in [0, 0.1) is 0 Å². The molecule has 0 radical (unpaired) electrons. The summed E-state index contributed by atoms with van der Waals surface area (Å²) in [4.78, 5) is 4.49. The molecule has 0 saturated heterocycles. The van der Waals surface area contributed by atoms with Gasteiger partial charge in [-0.2, -0.15) is 0 Å². The minimum absolute atomic E-state index is 0.554. The fraction of sp³-hybridized carbons (Fsp3) is 0.417. The van der Waals surface area contributed by atoms with E-state index in [2.05, 4.69) is 36.8 Å². The molecule has 0 amide bonds. The van der Waals surface area contributed by atoms with Crippen molar-refractivity contribution in [3.8, 4) is 0 Å². The fourth-order valence-electron chi connectivity index (χ4n) is 1.67. The normalized spacial score (nSPS) is 15.2. The van der Waals surface area contributed by atoms with E-state index in [-0.39, 0.29) is 0 Å². The van der Waals surface area contributed by atoms with Gasteiger partial charge in [0.2, 0.25) is 0 Å². The summed E-state index contributed by atoms with van der Waals surface area (Å²) >= 11 is 0. The first kappa shape index (κ1) is 9.25. The van der Waals surface area contributed by atoms with Gasteiger partial charge in [0.05, 0.1) is 5.69 Å². The molecule has 74 valence electrons. The zero-order chi connectivity index (χ0) is 10.1. The Bertz CT molecular complexity index is 367. The molecule has 1 aromatic rings. The molecule has 2 heteroatoms. The van der Waals surface area contributed by atoms with Crippen molar-refractivity contribution in [2.75, 3.05) is 0 Å². The summed E-state index contributed by atoms with van der Waals surface area (Å²) in [6.07, 6.45) is 2.86. The van der Waals surface area contributed by atoms with Gasteiger partial charge in [-0.15, -0.1) is 0 Å². The predicted octanol–water partition coefficient (Wildman–Crippen LogP) is 2.36. The fourth-order valence-corrected chi connectivity index (χ4v) is 1.67. The number of allylic oxidation sites excluding steroid dienone is 1. The topological polar surface area (TPSA) is 24.9 Å². The third-order valence-corrected chi connectivity index (χ3v) is 2.66. The lowest BCUT2D eigenvalue weighted by molar-refractivity contribution is 0.713. The van der Waals surface area contributed by atoms with Crippen LogP contribution in [0.3, 0.4) is 0 Å². The van der Waals surface area contributed by atoms with Crippen molar-refractivity contribution in [3.63, 3.8) is 0 Å². The Balaban J connectivity index is 2.36. The van der Waals surface area contributed by atoms with Crippen molar-refractivity contribution in [2.45, 2.75) is 32.7 Å². The van der Waals surface area contributed by atoms with Gasteiger partial charge in [0.1, 0.15) is 0 Å². The summed E-state index contributed by atoms with van der Waals surface area (Å²) < 4.78 is 0. The van der Waals surface area contributed by atoms with Crippen molar-refractivity contribution in [1.29, 1.82) is 0 Å². The van der Waals surface area contributed by atoms with E-state index in [0.717, 1.165) is 18.7 Å². The van der Waals surface area contributed by atoms with Crippen LogP contribution in [0.5, 0.6) is 0 Å². The van der Waals surface area contributed by atoms with Crippen molar-refractivity contribution < 1.29 is 0 Å². The van der Waals surface area contributed by atoms with E-state index in [9.17, 15) is 0 Å². The Morgan fingerprint density at radius 1 is 1.50 bits per heavy atom. The Kier molecular flexibility index (Phi) is 2.28. The molecular formula is C12H16N2. The van der Waals surface area contributed by atoms with Crippen molar-refractivity contribution in [2.24, 2.45) is 0 Å².